The molecular formula is C15H22N2O2. The van der Waals surface area contributed by atoms with Crippen molar-refractivity contribution in [1.29, 1.82) is 0 Å². The van der Waals surface area contributed by atoms with Gasteiger partial charge in [-0.1, -0.05) is 18.2 Å². The first kappa shape index (κ1) is 13.9. The van der Waals surface area contributed by atoms with E-state index >= 15 is 0 Å². The third-order valence-corrected chi connectivity index (χ3v) is 3.35. The number of amides is 1. The number of para-hydroxylation sites is 1. The van der Waals surface area contributed by atoms with E-state index in [4.69, 9.17) is 4.74 Å². The molecule has 1 aliphatic heterocycles. The van der Waals surface area contributed by atoms with Crippen molar-refractivity contribution in [3.8, 4) is 5.75 Å². The van der Waals surface area contributed by atoms with Crippen LogP contribution >= 0.6 is 0 Å². The number of ether oxygens (including phenoxy) is 1. The maximum Gasteiger partial charge on any atom is 0.237 e. The summed E-state index contributed by atoms with van der Waals surface area (Å²) in [6.45, 7) is 3.16. The fourth-order valence-corrected chi connectivity index (χ4v) is 2.33. The van der Waals surface area contributed by atoms with Crippen LogP contribution in [0.25, 0.3) is 0 Å². The molecule has 2 unspecified atom stereocenters. The van der Waals surface area contributed by atoms with Crippen molar-refractivity contribution in [3.63, 3.8) is 0 Å². The second-order valence-electron chi connectivity index (χ2n) is 5.00. The maximum atomic E-state index is 11.9. The van der Waals surface area contributed by atoms with E-state index in [-0.39, 0.29) is 11.9 Å². The van der Waals surface area contributed by atoms with Gasteiger partial charge in [0.2, 0.25) is 5.91 Å². The van der Waals surface area contributed by atoms with Crippen molar-refractivity contribution < 1.29 is 9.53 Å². The Kier molecular flexibility index (Phi) is 5.21. The predicted octanol–water partition coefficient (Wildman–Crippen LogP) is 1.71. The quantitative estimate of drug-likeness (QED) is 0.794. The lowest BCUT2D eigenvalue weighted by Crippen LogP contribution is -2.50. The molecule has 0 spiro atoms. The van der Waals surface area contributed by atoms with E-state index in [1.807, 2.05) is 30.3 Å². The van der Waals surface area contributed by atoms with Crippen LogP contribution in [-0.2, 0) is 4.79 Å². The minimum Gasteiger partial charge on any atom is -0.492 e. The number of rotatable bonds is 5. The van der Waals surface area contributed by atoms with Gasteiger partial charge in [0.05, 0.1) is 12.6 Å². The van der Waals surface area contributed by atoms with Crippen LogP contribution in [0.4, 0.5) is 0 Å². The molecule has 0 bridgehead atoms. The summed E-state index contributed by atoms with van der Waals surface area (Å²) >= 11 is 0. The van der Waals surface area contributed by atoms with Gasteiger partial charge in [-0.05, 0) is 38.3 Å². The van der Waals surface area contributed by atoms with Crippen molar-refractivity contribution in [2.45, 2.75) is 38.3 Å². The van der Waals surface area contributed by atoms with E-state index in [2.05, 4.69) is 17.6 Å². The number of hydrogen-bond donors (Lipinski definition) is 2. The fourth-order valence-electron chi connectivity index (χ4n) is 2.33. The molecule has 0 saturated carbocycles. The summed E-state index contributed by atoms with van der Waals surface area (Å²) in [6.07, 6.45) is 3.20. The van der Waals surface area contributed by atoms with Crippen molar-refractivity contribution >= 4 is 5.91 Å². The van der Waals surface area contributed by atoms with Gasteiger partial charge in [-0.2, -0.15) is 0 Å². The molecular weight excluding hydrogens is 240 g/mol. The average Bonchev–Trinajstić information content (AvgIpc) is 2.44. The van der Waals surface area contributed by atoms with Crippen LogP contribution in [0.1, 0.15) is 26.2 Å². The summed E-state index contributed by atoms with van der Waals surface area (Å²) < 4.78 is 5.53. The SMILES string of the molecule is CC1CCCC(C(=O)NCCOc2ccccc2)N1. The Morgan fingerprint density at radius 2 is 2.16 bits per heavy atom. The molecule has 2 N–H and O–H groups in total. The summed E-state index contributed by atoms with van der Waals surface area (Å²) in [7, 11) is 0. The molecule has 0 aliphatic carbocycles. The van der Waals surface area contributed by atoms with Crippen LogP contribution in [0.5, 0.6) is 5.75 Å². The van der Waals surface area contributed by atoms with Crippen LogP contribution in [0.2, 0.25) is 0 Å². The first-order chi connectivity index (χ1) is 9.25. The highest BCUT2D eigenvalue weighted by atomic mass is 16.5. The van der Waals surface area contributed by atoms with Crippen LogP contribution in [0.15, 0.2) is 30.3 Å². The van der Waals surface area contributed by atoms with Crippen LogP contribution in [0, 0.1) is 0 Å². The van der Waals surface area contributed by atoms with E-state index in [0.29, 0.717) is 19.2 Å². The normalized spacial score (nSPS) is 22.8. The fraction of sp³-hybridized carbons (Fsp3) is 0.533. The topological polar surface area (TPSA) is 50.4 Å². The van der Waals surface area contributed by atoms with Gasteiger partial charge in [-0.25, -0.2) is 0 Å². The predicted molar refractivity (Wildman–Crippen MR) is 75.2 cm³/mol. The molecule has 1 heterocycles. The summed E-state index contributed by atoms with van der Waals surface area (Å²) in [5, 5.41) is 6.24. The van der Waals surface area contributed by atoms with Crippen molar-refractivity contribution in [2.24, 2.45) is 0 Å². The van der Waals surface area contributed by atoms with Crippen LogP contribution < -0.4 is 15.4 Å². The molecule has 19 heavy (non-hydrogen) atoms. The summed E-state index contributed by atoms with van der Waals surface area (Å²) in [5.41, 5.74) is 0. The Labute approximate surface area is 114 Å². The van der Waals surface area contributed by atoms with Gasteiger partial charge in [0.25, 0.3) is 0 Å². The maximum absolute atomic E-state index is 11.9. The Hall–Kier alpha value is -1.55. The summed E-state index contributed by atoms with van der Waals surface area (Å²) in [4.78, 5) is 11.9. The standard InChI is InChI=1S/C15H22N2O2/c1-12-6-5-9-14(17-12)15(18)16-10-11-19-13-7-3-2-4-8-13/h2-4,7-8,12,14,17H,5-6,9-11H2,1H3,(H,16,18). The van der Waals surface area contributed by atoms with Gasteiger partial charge < -0.3 is 15.4 Å². The number of hydrogen-bond acceptors (Lipinski definition) is 3. The van der Waals surface area contributed by atoms with Gasteiger partial charge in [0.1, 0.15) is 12.4 Å². The molecule has 2 atom stereocenters. The Morgan fingerprint density at radius 3 is 2.89 bits per heavy atom. The van der Waals surface area contributed by atoms with Gasteiger partial charge in [0.15, 0.2) is 0 Å². The average molecular weight is 262 g/mol. The molecule has 0 aromatic heterocycles. The number of benzene rings is 1. The highest BCUT2D eigenvalue weighted by Gasteiger charge is 2.23. The Morgan fingerprint density at radius 1 is 1.37 bits per heavy atom. The molecule has 1 aromatic carbocycles. The molecule has 0 radical (unpaired) electrons. The molecule has 1 aromatic rings. The lowest BCUT2D eigenvalue weighted by molar-refractivity contribution is -0.124. The van der Waals surface area contributed by atoms with Gasteiger partial charge >= 0.3 is 0 Å². The zero-order chi connectivity index (χ0) is 13.5. The van der Waals surface area contributed by atoms with E-state index in [1.165, 1.54) is 0 Å². The third kappa shape index (κ3) is 4.56. The molecule has 4 heteroatoms. The van der Waals surface area contributed by atoms with Crippen LogP contribution in [-0.4, -0.2) is 31.1 Å². The summed E-state index contributed by atoms with van der Waals surface area (Å²) in [6, 6.07) is 10.0. The minimum atomic E-state index is -0.0412. The molecule has 104 valence electrons. The molecule has 1 saturated heterocycles. The molecule has 2 rings (SSSR count). The number of nitrogens with one attached hydrogen (secondary N) is 2. The van der Waals surface area contributed by atoms with Crippen molar-refractivity contribution in [3.05, 3.63) is 30.3 Å². The third-order valence-electron chi connectivity index (χ3n) is 3.35. The van der Waals surface area contributed by atoms with Crippen LogP contribution in [0.3, 0.4) is 0 Å². The first-order valence-electron chi connectivity index (χ1n) is 6.97. The molecule has 1 amide bonds. The first-order valence-corrected chi connectivity index (χ1v) is 6.97. The second-order valence-corrected chi connectivity index (χ2v) is 5.00. The second kappa shape index (κ2) is 7.14. The van der Waals surface area contributed by atoms with E-state index in [1.54, 1.807) is 0 Å². The largest absolute Gasteiger partial charge is 0.492 e. The summed E-state index contributed by atoms with van der Waals surface area (Å²) in [5.74, 6) is 0.921. The number of piperidine rings is 1. The van der Waals surface area contributed by atoms with Crippen molar-refractivity contribution in [2.75, 3.05) is 13.2 Å². The van der Waals surface area contributed by atoms with Gasteiger partial charge in [-0.15, -0.1) is 0 Å². The molecule has 4 nitrogen and oxygen atoms in total. The van der Waals surface area contributed by atoms with Gasteiger partial charge in [0, 0.05) is 6.04 Å². The lowest BCUT2D eigenvalue weighted by Gasteiger charge is -2.27. The Balaban J connectivity index is 1.64. The highest BCUT2D eigenvalue weighted by molar-refractivity contribution is 5.81. The van der Waals surface area contributed by atoms with E-state index in [9.17, 15) is 4.79 Å². The number of carbonyl (C=O) groups is 1. The monoisotopic (exact) mass is 262 g/mol. The van der Waals surface area contributed by atoms with E-state index in [0.717, 1.165) is 25.0 Å². The molecule has 1 fully saturated rings. The highest BCUT2D eigenvalue weighted by Crippen LogP contribution is 2.12. The minimum absolute atomic E-state index is 0.0412. The smallest absolute Gasteiger partial charge is 0.237 e. The van der Waals surface area contributed by atoms with Gasteiger partial charge in [-0.3, -0.25) is 4.79 Å². The number of carbonyl (C=O) groups excluding carboxylic acids is 1. The van der Waals surface area contributed by atoms with Crippen molar-refractivity contribution in [1.82, 2.24) is 10.6 Å². The Bertz CT molecular complexity index is 394. The zero-order valence-electron chi connectivity index (χ0n) is 11.4. The lowest BCUT2D eigenvalue weighted by atomic mass is 9.99. The van der Waals surface area contributed by atoms with E-state index < -0.39 is 0 Å². The molecule has 1 aliphatic rings. The zero-order valence-corrected chi connectivity index (χ0v) is 11.4.